The van der Waals surface area contributed by atoms with Gasteiger partial charge in [-0.05, 0) is 20.8 Å². The predicted molar refractivity (Wildman–Crippen MR) is 68.1 cm³/mol. The van der Waals surface area contributed by atoms with Crippen LogP contribution in [0, 0.1) is 13.8 Å². The summed E-state index contributed by atoms with van der Waals surface area (Å²) < 4.78 is 1.82. The Morgan fingerprint density at radius 3 is 2.75 bits per heavy atom. The van der Waals surface area contributed by atoms with Crippen LogP contribution in [-0.4, -0.2) is 20.0 Å². The molecule has 0 aromatic carbocycles. The number of hydrogen-bond acceptors (Lipinski definition) is 4. The number of rotatable bonds is 3. The monoisotopic (exact) mass is 300 g/mol. The van der Waals surface area contributed by atoms with E-state index in [1.165, 1.54) is 4.88 Å². The fourth-order valence-corrected chi connectivity index (χ4v) is 2.45. The molecule has 4 nitrogen and oxygen atoms in total. The van der Waals surface area contributed by atoms with Crippen molar-refractivity contribution in [3.8, 4) is 0 Å². The molecular weight excluding hydrogens is 288 g/mol. The second-order valence-electron chi connectivity index (χ2n) is 3.71. The Hall–Kier alpha value is -0.750. The van der Waals surface area contributed by atoms with Gasteiger partial charge in [-0.2, -0.15) is 0 Å². The van der Waals surface area contributed by atoms with E-state index in [0.717, 1.165) is 16.4 Å². The molecule has 16 heavy (non-hydrogen) atoms. The zero-order valence-electron chi connectivity index (χ0n) is 9.44. The summed E-state index contributed by atoms with van der Waals surface area (Å²) in [5.74, 6) is 0. The number of hydrogen-bond donors (Lipinski definition) is 0. The molecule has 2 aromatic heterocycles. The second kappa shape index (κ2) is 4.63. The first-order chi connectivity index (χ1) is 7.56. The highest BCUT2D eigenvalue weighted by molar-refractivity contribution is 9.09. The third kappa shape index (κ3) is 2.49. The van der Waals surface area contributed by atoms with E-state index in [-0.39, 0.29) is 4.83 Å². The summed E-state index contributed by atoms with van der Waals surface area (Å²) >= 11 is 5.18. The number of nitrogens with zero attached hydrogens (tertiary/aromatic N) is 4. The van der Waals surface area contributed by atoms with Crippen molar-refractivity contribution in [2.45, 2.75) is 32.1 Å². The molecule has 0 bridgehead atoms. The van der Waals surface area contributed by atoms with Crippen molar-refractivity contribution in [3.63, 3.8) is 0 Å². The summed E-state index contributed by atoms with van der Waals surface area (Å²) in [6.07, 6.45) is 1.95. The van der Waals surface area contributed by atoms with Gasteiger partial charge in [-0.1, -0.05) is 21.1 Å². The maximum absolute atomic E-state index is 4.48. The Balaban J connectivity index is 2.14. The molecule has 2 aromatic rings. The highest BCUT2D eigenvalue weighted by atomic mass is 79.9. The van der Waals surface area contributed by atoms with Crippen molar-refractivity contribution < 1.29 is 0 Å². The fraction of sp³-hybridized carbons (Fsp3) is 0.500. The molecule has 0 radical (unpaired) electrons. The molecule has 0 amide bonds. The Kier molecular flexibility index (Phi) is 3.39. The molecule has 0 spiro atoms. The molecule has 1 unspecified atom stereocenters. The molecular formula is C10H13BrN4S. The van der Waals surface area contributed by atoms with Crippen molar-refractivity contribution in [2.24, 2.45) is 0 Å². The number of thiazole rings is 1. The van der Waals surface area contributed by atoms with Gasteiger partial charge in [-0.3, -0.25) is 0 Å². The Morgan fingerprint density at radius 2 is 2.25 bits per heavy atom. The molecule has 0 N–H and O–H groups in total. The van der Waals surface area contributed by atoms with E-state index in [0.29, 0.717) is 6.54 Å². The van der Waals surface area contributed by atoms with Crippen molar-refractivity contribution in [2.75, 3.05) is 0 Å². The highest BCUT2D eigenvalue weighted by Crippen LogP contribution is 2.20. The van der Waals surface area contributed by atoms with E-state index in [2.05, 4.69) is 38.1 Å². The average molecular weight is 301 g/mol. The summed E-state index contributed by atoms with van der Waals surface area (Å²) in [5, 5.41) is 9.24. The molecule has 6 heteroatoms. The molecule has 0 saturated carbocycles. The Labute approximate surface area is 107 Å². The van der Waals surface area contributed by atoms with Gasteiger partial charge in [0.2, 0.25) is 0 Å². The van der Waals surface area contributed by atoms with Gasteiger partial charge in [0.1, 0.15) is 5.01 Å². The Morgan fingerprint density at radius 1 is 1.50 bits per heavy atom. The minimum Gasteiger partial charge on any atom is -0.245 e. The number of halogens is 1. The van der Waals surface area contributed by atoms with Gasteiger partial charge in [0.25, 0.3) is 0 Å². The van der Waals surface area contributed by atoms with Crippen LogP contribution >= 0.6 is 27.3 Å². The predicted octanol–water partition coefficient (Wildman–Crippen LogP) is 2.86. The zero-order chi connectivity index (χ0) is 11.7. The molecule has 2 rings (SSSR count). The molecule has 2 heterocycles. The molecule has 0 fully saturated rings. The maximum atomic E-state index is 4.48. The quantitative estimate of drug-likeness (QED) is 0.819. The van der Waals surface area contributed by atoms with Crippen LogP contribution in [0.4, 0.5) is 0 Å². The van der Waals surface area contributed by atoms with E-state index in [1.807, 2.05) is 24.7 Å². The lowest BCUT2D eigenvalue weighted by molar-refractivity contribution is 0.646. The lowest BCUT2D eigenvalue weighted by Gasteiger charge is -1.95. The zero-order valence-corrected chi connectivity index (χ0v) is 11.8. The lowest BCUT2D eigenvalue weighted by Crippen LogP contribution is -1.99. The Bertz CT molecular complexity index is 469. The van der Waals surface area contributed by atoms with Gasteiger partial charge in [-0.15, -0.1) is 16.4 Å². The normalized spacial score (nSPS) is 13.0. The van der Waals surface area contributed by atoms with Crippen LogP contribution in [0.3, 0.4) is 0 Å². The summed E-state index contributed by atoms with van der Waals surface area (Å²) in [6, 6.07) is 0. The standard InChI is InChI=1S/C10H13BrN4S/c1-6(11)9-4-15(14-13-9)5-10-12-7(2)8(3)16-10/h4,6H,5H2,1-3H3. The number of alkyl halides is 1. The van der Waals surface area contributed by atoms with E-state index in [4.69, 9.17) is 0 Å². The van der Waals surface area contributed by atoms with Crippen LogP contribution in [0.15, 0.2) is 6.20 Å². The SMILES string of the molecule is Cc1nc(Cn2cc(C(C)Br)nn2)sc1C. The summed E-state index contributed by atoms with van der Waals surface area (Å²) in [5.41, 5.74) is 2.05. The van der Waals surface area contributed by atoms with Crippen LogP contribution in [0.5, 0.6) is 0 Å². The van der Waals surface area contributed by atoms with Crippen LogP contribution in [-0.2, 0) is 6.54 Å². The first-order valence-corrected chi connectivity index (χ1v) is 6.76. The van der Waals surface area contributed by atoms with Crippen LogP contribution in [0.1, 0.15) is 33.0 Å². The molecule has 0 aliphatic carbocycles. The van der Waals surface area contributed by atoms with E-state index in [1.54, 1.807) is 11.3 Å². The van der Waals surface area contributed by atoms with E-state index >= 15 is 0 Å². The molecule has 1 atom stereocenters. The van der Waals surface area contributed by atoms with Crippen molar-refractivity contribution >= 4 is 27.3 Å². The minimum atomic E-state index is 0.237. The first kappa shape index (κ1) is 11.7. The van der Waals surface area contributed by atoms with Crippen LogP contribution in [0.25, 0.3) is 0 Å². The third-order valence-corrected chi connectivity index (χ3v) is 3.86. The van der Waals surface area contributed by atoms with Gasteiger partial charge in [0, 0.05) is 4.88 Å². The number of aromatic nitrogens is 4. The summed E-state index contributed by atoms with van der Waals surface area (Å²) in [7, 11) is 0. The van der Waals surface area contributed by atoms with Gasteiger partial charge < -0.3 is 0 Å². The average Bonchev–Trinajstić information content (AvgIpc) is 2.76. The second-order valence-corrected chi connectivity index (χ2v) is 6.37. The molecule has 0 saturated heterocycles. The van der Waals surface area contributed by atoms with Gasteiger partial charge in [0.15, 0.2) is 0 Å². The maximum Gasteiger partial charge on any atom is 0.115 e. The van der Waals surface area contributed by atoms with E-state index < -0.39 is 0 Å². The highest BCUT2D eigenvalue weighted by Gasteiger charge is 2.08. The van der Waals surface area contributed by atoms with Crippen molar-refractivity contribution in [1.82, 2.24) is 20.0 Å². The fourth-order valence-electron chi connectivity index (χ4n) is 1.32. The third-order valence-electron chi connectivity index (χ3n) is 2.33. The largest absolute Gasteiger partial charge is 0.245 e. The molecule has 0 aliphatic heterocycles. The summed E-state index contributed by atoms with van der Waals surface area (Å²) in [4.78, 5) is 5.98. The van der Waals surface area contributed by atoms with Crippen LogP contribution < -0.4 is 0 Å². The topological polar surface area (TPSA) is 43.6 Å². The molecule has 86 valence electrons. The van der Waals surface area contributed by atoms with Crippen molar-refractivity contribution in [1.29, 1.82) is 0 Å². The molecule has 0 aliphatic rings. The lowest BCUT2D eigenvalue weighted by atomic mass is 10.4. The van der Waals surface area contributed by atoms with Gasteiger partial charge in [0.05, 0.1) is 29.0 Å². The number of aryl methyl sites for hydroxylation is 2. The van der Waals surface area contributed by atoms with Crippen molar-refractivity contribution in [3.05, 3.63) is 27.5 Å². The minimum absolute atomic E-state index is 0.237. The first-order valence-electron chi connectivity index (χ1n) is 5.03. The van der Waals surface area contributed by atoms with E-state index in [9.17, 15) is 0 Å². The summed E-state index contributed by atoms with van der Waals surface area (Å²) in [6.45, 7) is 6.85. The van der Waals surface area contributed by atoms with Gasteiger partial charge >= 0.3 is 0 Å². The van der Waals surface area contributed by atoms with Gasteiger partial charge in [-0.25, -0.2) is 9.67 Å². The smallest absolute Gasteiger partial charge is 0.115 e. The van der Waals surface area contributed by atoms with Crippen LogP contribution in [0.2, 0.25) is 0 Å².